The number of rotatable bonds is 2. The molecule has 0 saturated carbocycles. The van der Waals surface area contributed by atoms with E-state index >= 15 is 0 Å². The fourth-order valence-corrected chi connectivity index (χ4v) is 2.44. The van der Waals surface area contributed by atoms with Crippen LogP contribution >= 0.6 is 0 Å². The first-order valence-corrected chi connectivity index (χ1v) is 6.10. The maximum Gasteiger partial charge on any atom is 0.0923 e. The van der Waals surface area contributed by atoms with Crippen LogP contribution in [0.5, 0.6) is 0 Å². The third kappa shape index (κ3) is 2.17. The summed E-state index contributed by atoms with van der Waals surface area (Å²) < 4.78 is 0. The van der Waals surface area contributed by atoms with Crippen molar-refractivity contribution in [1.82, 2.24) is 0 Å². The summed E-state index contributed by atoms with van der Waals surface area (Å²) in [7, 11) is 0. The van der Waals surface area contributed by atoms with E-state index in [1.807, 2.05) is 13.0 Å². The van der Waals surface area contributed by atoms with Gasteiger partial charge in [-0.3, -0.25) is 0 Å². The Kier molecular flexibility index (Phi) is 3.16. The predicted octanol–water partition coefficient (Wildman–Crippen LogP) is 3.26. The van der Waals surface area contributed by atoms with Crippen molar-refractivity contribution in [3.8, 4) is 12.1 Å². The number of nitriles is 2. The quantitative estimate of drug-likeness (QED) is 0.774. The molecule has 2 rings (SSSR count). The standard InChI is InChI=1S/C15H16N2/c1-15(11-17,8-9-16)14-7-6-12-4-2-3-5-13(12)10-14/h6-7,10H,2-5,8H2,1H3. The Balaban J connectivity index is 2.40. The van der Waals surface area contributed by atoms with Crippen molar-refractivity contribution in [1.29, 1.82) is 10.5 Å². The number of aryl methyl sites for hydroxylation is 2. The Bertz CT molecular complexity index is 505. The van der Waals surface area contributed by atoms with Crippen LogP contribution in [0.1, 0.15) is 42.9 Å². The first-order valence-electron chi connectivity index (χ1n) is 6.10. The lowest BCUT2D eigenvalue weighted by atomic mass is 9.78. The second kappa shape index (κ2) is 4.60. The maximum absolute atomic E-state index is 9.27. The lowest BCUT2D eigenvalue weighted by Crippen LogP contribution is -2.19. The van der Waals surface area contributed by atoms with Gasteiger partial charge < -0.3 is 0 Å². The molecule has 1 aromatic rings. The molecule has 0 saturated heterocycles. The van der Waals surface area contributed by atoms with E-state index in [1.54, 1.807) is 0 Å². The molecule has 0 radical (unpaired) electrons. The Morgan fingerprint density at radius 1 is 1.18 bits per heavy atom. The minimum Gasteiger partial charge on any atom is -0.198 e. The summed E-state index contributed by atoms with van der Waals surface area (Å²) in [6.07, 6.45) is 5.01. The molecule has 0 aliphatic heterocycles. The van der Waals surface area contributed by atoms with Crippen molar-refractivity contribution < 1.29 is 0 Å². The van der Waals surface area contributed by atoms with Crippen LogP contribution in [0.25, 0.3) is 0 Å². The Hall–Kier alpha value is -1.80. The molecule has 1 aliphatic carbocycles. The SMILES string of the molecule is CC(C#N)(CC#N)c1ccc2c(c1)CCCC2. The van der Waals surface area contributed by atoms with Gasteiger partial charge in [0.05, 0.1) is 24.0 Å². The van der Waals surface area contributed by atoms with Crippen molar-refractivity contribution in [2.24, 2.45) is 0 Å². The highest BCUT2D eigenvalue weighted by molar-refractivity contribution is 5.40. The smallest absolute Gasteiger partial charge is 0.0923 e. The van der Waals surface area contributed by atoms with E-state index in [0.29, 0.717) is 0 Å². The number of nitrogens with zero attached hydrogens (tertiary/aromatic N) is 2. The summed E-state index contributed by atoms with van der Waals surface area (Å²) >= 11 is 0. The molecule has 0 fully saturated rings. The van der Waals surface area contributed by atoms with E-state index in [9.17, 15) is 5.26 Å². The van der Waals surface area contributed by atoms with Gasteiger partial charge in [-0.15, -0.1) is 0 Å². The summed E-state index contributed by atoms with van der Waals surface area (Å²) in [6, 6.07) is 10.7. The molecule has 86 valence electrons. The summed E-state index contributed by atoms with van der Waals surface area (Å²) in [5, 5.41) is 18.1. The number of hydrogen-bond donors (Lipinski definition) is 0. The van der Waals surface area contributed by atoms with Crippen LogP contribution in [0.4, 0.5) is 0 Å². The lowest BCUT2D eigenvalue weighted by Gasteiger charge is -2.22. The van der Waals surface area contributed by atoms with E-state index < -0.39 is 5.41 Å². The molecule has 0 heterocycles. The van der Waals surface area contributed by atoms with Crippen molar-refractivity contribution in [2.75, 3.05) is 0 Å². The molecule has 1 atom stereocenters. The maximum atomic E-state index is 9.27. The summed E-state index contributed by atoms with van der Waals surface area (Å²) in [5.74, 6) is 0. The normalized spacial score (nSPS) is 17.4. The monoisotopic (exact) mass is 224 g/mol. The molecule has 0 aromatic heterocycles. The molecular formula is C15H16N2. The van der Waals surface area contributed by atoms with E-state index in [0.717, 1.165) is 18.4 Å². The topological polar surface area (TPSA) is 47.6 Å². The largest absolute Gasteiger partial charge is 0.198 e. The lowest BCUT2D eigenvalue weighted by molar-refractivity contribution is 0.620. The number of benzene rings is 1. The third-order valence-electron chi connectivity index (χ3n) is 3.67. The third-order valence-corrected chi connectivity index (χ3v) is 3.67. The van der Waals surface area contributed by atoms with E-state index in [1.165, 1.54) is 24.0 Å². The molecule has 17 heavy (non-hydrogen) atoms. The highest BCUT2D eigenvalue weighted by Gasteiger charge is 2.27. The fourth-order valence-electron chi connectivity index (χ4n) is 2.44. The van der Waals surface area contributed by atoms with Gasteiger partial charge in [-0.05, 0) is 49.3 Å². The summed E-state index contributed by atoms with van der Waals surface area (Å²) in [4.78, 5) is 0. The van der Waals surface area contributed by atoms with Gasteiger partial charge in [-0.1, -0.05) is 18.2 Å². The van der Waals surface area contributed by atoms with Gasteiger partial charge in [-0.25, -0.2) is 0 Å². The summed E-state index contributed by atoms with van der Waals surface area (Å²) in [5.41, 5.74) is 3.11. The number of hydrogen-bond acceptors (Lipinski definition) is 2. The Morgan fingerprint density at radius 3 is 2.53 bits per heavy atom. The molecule has 0 spiro atoms. The molecule has 0 amide bonds. The van der Waals surface area contributed by atoms with Gasteiger partial charge in [0.15, 0.2) is 0 Å². The molecule has 0 bridgehead atoms. The van der Waals surface area contributed by atoms with E-state index in [4.69, 9.17) is 5.26 Å². The van der Waals surface area contributed by atoms with Gasteiger partial charge in [0.25, 0.3) is 0 Å². The van der Waals surface area contributed by atoms with Crippen LogP contribution in [-0.4, -0.2) is 0 Å². The van der Waals surface area contributed by atoms with Crippen LogP contribution in [0.2, 0.25) is 0 Å². The highest BCUT2D eigenvalue weighted by Crippen LogP contribution is 2.30. The first kappa shape index (κ1) is 11.7. The zero-order valence-corrected chi connectivity index (χ0v) is 10.2. The predicted molar refractivity (Wildman–Crippen MR) is 66.3 cm³/mol. The molecular weight excluding hydrogens is 208 g/mol. The van der Waals surface area contributed by atoms with Crippen LogP contribution in [-0.2, 0) is 18.3 Å². The van der Waals surface area contributed by atoms with Crippen LogP contribution in [0, 0.1) is 22.7 Å². The minimum atomic E-state index is -0.665. The summed E-state index contributed by atoms with van der Waals surface area (Å²) in [6.45, 7) is 1.85. The molecule has 1 aromatic carbocycles. The average molecular weight is 224 g/mol. The second-order valence-corrected chi connectivity index (χ2v) is 4.97. The van der Waals surface area contributed by atoms with E-state index in [2.05, 4.69) is 24.3 Å². The van der Waals surface area contributed by atoms with E-state index in [-0.39, 0.29) is 6.42 Å². The molecule has 2 nitrogen and oxygen atoms in total. The first-order chi connectivity index (χ1) is 8.19. The second-order valence-electron chi connectivity index (χ2n) is 4.97. The van der Waals surface area contributed by atoms with Crippen LogP contribution < -0.4 is 0 Å². The van der Waals surface area contributed by atoms with Gasteiger partial charge in [0.1, 0.15) is 0 Å². The zero-order valence-electron chi connectivity index (χ0n) is 10.2. The number of fused-ring (bicyclic) bond motifs is 1. The molecule has 0 N–H and O–H groups in total. The fraction of sp³-hybridized carbons (Fsp3) is 0.467. The Morgan fingerprint density at radius 2 is 1.88 bits per heavy atom. The molecule has 2 heteroatoms. The van der Waals surface area contributed by atoms with Crippen molar-refractivity contribution in [2.45, 2.75) is 44.4 Å². The van der Waals surface area contributed by atoms with Crippen molar-refractivity contribution >= 4 is 0 Å². The van der Waals surface area contributed by atoms with Gasteiger partial charge in [0, 0.05) is 0 Å². The van der Waals surface area contributed by atoms with Gasteiger partial charge >= 0.3 is 0 Å². The Labute approximate surface area is 102 Å². The highest BCUT2D eigenvalue weighted by atomic mass is 14.4. The van der Waals surface area contributed by atoms with Gasteiger partial charge in [0.2, 0.25) is 0 Å². The zero-order chi connectivity index (χ0) is 12.3. The molecule has 1 unspecified atom stereocenters. The average Bonchev–Trinajstić information content (AvgIpc) is 2.38. The van der Waals surface area contributed by atoms with Crippen molar-refractivity contribution in [3.63, 3.8) is 0 Å². The van der Waals surface area contributed by atoms with Gasteiger partial charge in [-0.2, -0.15) is 10.5 Å². The van der Waals surface area contributed by atoms with Crippen LogP contribution in [0.3, 0.4) is 0 Å². The molecule has 1 aliphatic rings. The minimum absolute atomic E-state index is 0.252. The van der Waals surface area contributed by atoms with Crippen LogP contribution in [0.15, 0.2) is 18.2 Å². The van der Waals surface area contributed by atoms with Crippen molar-refractivity contribution in [3.05, 3.63) is 34.9 Å².